The van der Waals surface area contributed by atoms with Crippen LogP contribution in [0.25, 0.3) is 0 Å². The number of aromatic nitrogens is 2. The number of aliphatic hydroxyl groups excluding tert-OH is 2. The van der Waals surface area contributed by atoms with Crippen molar-refractivity contribution in [3.63, 3.8) is 0 Å². The third-order valence-corrected chi connectivity index (χ3v) is 2.53. The average Bonchev–Trinajstić information content (AvgIpc) is 2.64. The number of aryl methyl sites for hydroxylation is 1. The van der Waals surface area contributed by atoms with Crippen LogP contribution in [0.4, 0.5) is 0 Å². The molecule has 0 aliphatic rings. The van der Waals surface area contributed by atoms with Crippen LogP contribution in [-0.4, -0.2) is 45.1 Å². The summed E-state index contributed by atoms with van der Waals surface area (Å²) in [6, 6.07) is 0. The van der Waals surface area contributed by atoms with Gasteiger partial charge in [-0.25, -0.2) is 4.98 Å². The molecule has 0 amide bonds. The molecule has 0 aromatic carbocycles. The lowest BCUT2D eigenvalue weighted by molar-refractivity contribution is 0.104. The first-order valence-electron chi connectivity index (χ1n) is 5.06. The standard InChI is InChI=1S/C10H19N3O2/c1-9-11-3-5-13(9)6-4-12-10(2,7-14)8-15/h3,5,12,14-15H,4,6-8H2,1-2H3. The van der Waals surface area contributed by atoms with Crippen LogP contribution in [0.2, 0.25) is 0 Å². The van der Waals surface area contributed by atoms with E-state index >= 15 is 0 Å². The van der Waals surface area contributed by atoms with E-state index in [4.69, 9.17) is 10.2 Å². The number of rotatable bonds is 6. The summed E-state index contributed by atoms with van der Waals surface area (Å²) in [5.74, 6) is 0.964. The average molecular weight is 213 g/mol. The minimum atomic E-state index is -0.603. The number of hydrogen-bond donors (Lipinski definition) is 3. The van der Waals surface area contributed by atoms with Crippen LogP contribution in [0.5, 0.6) is 0 Å². The topological polar surface area (TPSA) is 70.3 Å². The third-order valence-electron chi connectivity index (χ3n) is 2.53. The Balaban J connectivity index is 2.36. The van der Waals surface area contributed by atoms with Crippen molar-refractivity contribution in [1.82, 2.24) is 14.9 Å². The van der Waals surface area contributed by atoms with Crippen LogP contribution in [0.1, 0.15) is 12.7 Å². The van der Waals surface area contributed by atoms with E-state index in [1.807, 2.05) is 17.7 Å². The van der Waals surface area contributed by atoms with E-state index in [9.17, 15) is 0 Å². The minimum Gasteiger partial charge on any atom is -0.394 e. The Hall–Kier alpha value is -0.910. The summed E-state index contributed by atoms with van der Waals surface area (Å²) in [5, 5.41) is 21.2. The number of nitrogens with zero attached hydrogens (tertiary/aromatic N) is 2. The SMILES string of the molecule is Cc1nccn1CCNC(C)(CO)CO. The van der Waals surface area contributed by atoms with Gasteiger partial charge in [0.1, 0.15) is 5.82 Å². The fourth-order valence-corrected chi connectivity index (χ4v) is 1.28. The van der Waals surface area contributed by atoms with Crippen molar-refractivity contribution in [3.8, 4) is 0 Å². The molecule has 0 unspecified atom stereocenters. The van der Waals surface area contributed by atoms with Gasteiger partial charge < -0.3 is 20.1 Å². The Morgan fingerprint density at radius 1 is 1.47 bits per heavy atom. The molecule has 0 aliphatic heterocycles. The molecule has 5 nitrogen and oxygen atoms in total. The van der Waals surface area contributed by atoms with Crippen molar-refractivity contribution in [3.05, 3.63) is 18.2 Å². The van der Waals surface area contributed by atoms with Crippen LogP contribution >= 0.6 is 0 Å². The zero-order chi connectivity index (χ0) is 11.3. The summed E-state index contributed by atoms with van der Waals surface area (Å²) in [6.07, 6.45) is 3.67. The first-order chi connectivity index (χ1) is 7.11. The molecular formula is C10H19N3O2. The van der Waals surface area contributed by atoms with E-state index in [2.05, 4.69) is 10.3 Å². The fourth-order valence-electron chi connectivity index (χ4n) is 1.28. The number of nitrogens with one attached hydrogen (secondary N) is 1. The minimum absolute atomic E-state index is 0.0770. The first-order valence-corrected chi connectivity index (χ1v) is 5.06. The van der Waals surface area contributed by atoms with Crippen molar-refractivity contribution >= 4 is 0 Å². The largest absolute Gasteiger partial charge is 0.394 e. The maximum absolute atomic E-state index is 9.06. The van der Waals surface area contributed by atoms with Gasteiger partial charge in [0.05, 0.1) is 18.8 Å². The van der Waals surface area contributed by atoms with E-state index in [0.29, 0.717) is 6.54 Å². The van der Waals surface area contributed by atoms with Gasteiger partial charge in [-0.2, -0.15) is 0 Å². The van der Waals surface area contributed by atoms with Crippen molar-refractivity contribution in [2.75, 3.05) is 19.8 Å². The van der Waals surface area contributed by atoms with E-state index in [-0.39, 0.29) is 13.2 Å². The second kappa shape index (κ2) is 5.25. The zero-order valence-corrected chi connectivity index (χ0v) is 9.27. The molecule has 0 atom stereocenters. The quantitative estimate of drug-likeness (QED) is 0.597. The van der Waals surface area contributed by atoms with Crippen LogP contribution < -0.4 is 5.32 Å². The molecule has 86 valence electrons. The van der Waals surface area contributed by atoms with Crippen LogP contribution in [0.3, 0.4) is 0 Å². The van der Waals surface area contributed by atoms with Crippen LogP contribution in [0, 0.1) is 6.92 Å². The summed E-state index contributed by atoms with van der Waals surface area (Å²) >= 11 is 0. The molecule has 1 rings (SSSR count). The predicted molar refractivity (Wildman–Crippen MR) is 57.5 cm³/mol. The molecule has 0 saturated heterocycles. The Bertz CT molecular complexity index is 295. The lowest BCUT2D eigenvalue weighted by Gasteiger charge is -2.26. The van der Waals surface area contributed by atoms with Gasteiger partial charge >= 0.3 is 0 Å². The molecular weight excluding hydrogens is 194 g/mol. The Labute approximate surface area is 89.8 Å². The molecule has 1 aromatic heterocycles. The monoisotopic (exact) mass is 213 g/mol. The van der Waals surface area contributed by atoms with Gasteiger partial charge in [0.25, 0.3) is 0 Å². The normalized spacial score (nSPS) is 12.0. The molecule has 0 radical (unpaired) electrons. The summed E-state index contributed by atoms with van der Waals surface area (Å²) < 4.78 is 2.02. The fraction of sp³-hybridized carbons (Fsp3) is 0.700. The summed E-state index contributed by atoms with van der Waals surface area (Å²) in [5.41, 5.74) is -0.603. The number of imidazole rings is 1. The predicted octanol–water partition coefficient (Wildman–Crippen LogP) is -0.476. The molecule has 5 heteroatoms. The third kappa shape index (κ3) is 3.30. The van der Waals surface area contributed by atoms with Crippen LogP contribution in [-0.2, 0) is 6.54 Å². The van der Waals surface area contributed by atoms with Crippen molar-refractivity contribution < 1.29 is 10.2 Å². The van der Waals surface area contributed by atoms with Gasteiger partial charge in [-0.1, -0.05) is 0 Å². The molecule has 15 heavy (non-hydrogen) atoms. The van der Waals surface area contributed by atoms with E-state index in [1.165, 1.54) is 0 Å². The van der Waals surface area contributed by atoms with Gasteiger partial charge in [-0.15, -0.1) is 0 Å². The Morgan fingerprint density at radius 3 is 2.60 bits per heavy atom. The van der Waals surface area contributed by atoms with Crippen molar-refractivity contribution in [1.29, 1.82) is 0 Å². The molecule has 0 aliphatic carbocycles. The van der Waals surface area contributed by atoms with Gasteiger partial charge in [-0.05, 0) is 13.8 Å². The molecule has 0 spiro atoms. The molecule has 1 heterocycles. The summed E-state index contributed by atoms with van der Waals surface area (Å²) in [7, 11) is 0. The van der Waals surface area contributed by atoms with E-state index in [0.717, 1.165) is 12.4 Å². The van der Waals surface area contributed by atoms with E-state index in [1.54, 1.807) is 13.1 Å². The molecule has 3 N–H and O–H groups in total. The lowest BCUT2D eigenvalue weighted by Crippen LogP contribution is -2.49. The highest BCUT2D eigenvalue weighted by Gasteiger charge is 2.20. The highest BCUT2D eigenvalue weighted by molar-refractivity contribution is 4.89. The Kier molecular flexibility index (Phi) is 4.26. The lowest BCUT2D eigenvalue weighted by atomic mass is 10.1. The maximum atomic E-state index is 9.06. The smallest absolute Gasteiger partial charge is 0.105 e. The maximum Gasteiger partial charge on any atom is 0.105 e. The number of aliphatic hydroxyl groups is 2. The highest BCUT2D eigenvalue weighted by Crippen LogP contribution is 2.00. The number of hydrogen-bond acceptors (Lipinski definition) is 4. The molecule has 0 bridgehead atoms. The zero-order valence-electron chi connectivity index (χ0n) is 9.27. The van der Waals surface area contributed by atoms with Crippen LogP contribution in [0.15, 0.2) is 12.4 Å². The van der Waals surface area contributed by atoms with Gasteiger partial charge in [-0.3, -0.25) is 0 Å². The second-order valence-corrected chi connectivity index (χ2v) is 3.97. The second-order valence-electron chi connectivity index (χ2n) is 3.97. The van der Waals surface area contributed by atoms with Crippen molar-refractivity contribution in [2.45, 2.75) is 25.9 Å². The van der Waals surface area contributed by atoms with E-state index < -0.39 is 5.54 Å². The van der Waals surface area contributed by atoms with Gasteiger partial charge in [0.15, 0.2) is 0 Å². The van der Waals surface area contributed by atoms with Gasteiger partial charge in [0, 0.05) is 25.5 Å². The van der Waals surface area contributed by atoms with Crippen molar-refractivity contribution in [2.24, 2.45) is 0 Å². The van der Waals surface area contributed by atoms with Gasteiger partial charge in [0.2, 0.25) is 0 Å². The molecule has 1 aromatic rings. The first kappa shape index (κ1) is 12.2. The summed E-state index contributed by atoms with van der Waals surface area (Å²) in [4.78, 5) is 4.11. The highest BCUT2D eigenvalue weighted by atomic mass is 16.3. The molecule has 0 saturated carbocycles. The summed E-state index contributed by atoms with van der Waals surface area (Å²) in [6.45, 7) is 5.04. The Morgan fingerprint density at radius 2 is 2.13 bits per heavy atom. The molecule has 0 fully saturated rings.